The Hall–Kier alpha value is -2.00. The predicted molar refractivity (Wildman–Crippen MR) is 115 cm³/mol. The molecule has 0 unspecified atom stereocenters. The van der Waals surface area contributed by atoms with Crippen molar-refractivity contribution < 1.29 is 4.74 Å². The maximum atomic E-state index is 5.25. The number of anilines is 1. The van der Waals surface area contributed by atoms with Crippen LogP contribution in [0.4, 0.5) is 5.69 Å². The Morgan fingerprint density at radius 3 is 2.04 bits per heavy atom. The third-order valence-electron chi connectivity index (χ3n) is 5.57. The lowest BCUT2D eigenvalue weighted by Gasteiger charge is -2.36. The van der Waals surface area contributed by atoms with Crippen molar-refractivity contribution in [2.75, 3.05) is 44.7 Å². The van der Waals surface area contributed by atoms with Crippen LogP contribution in [0.15, 0.2) is 48.5 Å². The van der Waals surface area contributed by atoms with Gasteiger partial charge >= 0.3 is 0 Å². The normalized spacial score (nSPS) is 15.8. The molecule has 27 heavy (non-hydrogen) atoms. The molecule has 0 radical (unpaired) electrons. The highest BCUT2D eigenvalue weighted by Gasteiger charge is 2.17. The second-order valence-corrected chi connectivity index (χ2v) is 8.58. The molecule has 0 bridgehead atoms. The summed E-state index contributed by atoms with van der Waals surface area (Å²) in [6, 6.07) is 17.6. The molecule has 3 nitrogen and oxygen atoms in total. The van der Waals surface area contributed by atoms with E-state index < -0.39 is 0 Å². The molecule has 1 heterocycles. The molecule has 0 aliphatic carbocycles. The van der Waals surface area contributed by atoms with Crippen LogP contribution in [-0.4, -0.2) is 44.7 Å². The Balaban J connectivity index is 1.40. The molecular formula is C24H34N2O. The lowest BCUT2D eigenvalue weighted by atomic mass is 9.86. The van der Waals surface area contributed by atoms with E-state index in [0.717, 1.165) is 31.9 Å². The molecule has 146 valence electrons. The summed E-state index contributed by atoms with van der Waals surface area (Å²) in [4.78, 5) is 5.07. The van der Waals surface area contributed by atoms with Gasteiger partial charge in [-0.3, -0.25) is 4.90 Å². The van der Waals surface area contributed by atoms with Gasteiger partial charge in [-0.15, -0.1) is 0 Å². The Morgan fingerprint density at radius 1 is 0.852 bits per heavy atom. The molecule has 1 aliphatic heterocycles. The van der Waals surface area contributed by atoms with Crippen molar-refractivity contribution in [2.24, 2.45) is 0 Å². The fourth-order valence-corrected chi connectivity index (χ4v) is 3.70. The molecule has 0 aromatic heterocycles. The van der Waals surface area contributed by atoms with Crippen LogP contribution in [0.1, 0.15) is 38.3 Å². The quantitative estimate of drug-likeness (QED) is 0.734. The van der Waals surface area contributed by atoms with Crippen LogP contribution >= 0.6 is 0 Å². The zero-order valence-electron chi connectivity index (χ0n) is 17.4. The second-order valence-electron chi connectivity index (χ2n) is 8.58. The van der Waals surface area contributed by atoms with Crippen LogP contribution in [0.5, 0.6) is 5.75 Å². The number of benzene rings is 2. The van der Waals surface area contributed by atoms with E-state index in [4.69, 9.17) is 4.74 Å². The molecule has 1 saturated heterocycles. The molecule has 1 fully saturated rings. The van der Waals surface area contributed by atoms with Crippen molar-refractivity contribution in [3.05, 3.63) is 59.7 Å². The SMILES string of the molecule is COc1ccc(N2CCN(CCCc3ccc(C(C)(C)C)cc3)CC2)cc1. The first kappa shape index (κ1) is 19.8. The summed E-state index contributed by atoms with van der Waals surface area (Å²) in [5.74, 6) is 0.924. The highest BCUT2D eigenvalue weighted by atomic mass is 16.5. The summed E-state index contributed by atoms with van der Waals surface area (Å²) >= 11 is 0. The van der Waals surface area contributed by atoms with Gasteiger partial charge in [-0.05, 0) is 60.2 Å². The van der Waals surface area contributed by atoms with Crippen LogP contribution in [0.2, 0.25) is 0 Å². The van der Waals surface area contributed by atoms with Gasteiger partial charge in [0, 0.05) is 31.9 Å². The second kappa shape index (κ2) is 8.79. The molecular weight excluding hydrogens is 332 g/mol. The monoisotopic (exact) mass is 366 g/mol. The van der Waals surface area contributed by atoms with Gasteiger partial charge in [0.2, 0.25) is 0 Å². The van der Waals surface area contributed by atoms with Gasteiger partial charge in [-0.1, -0.05) is 45.0 Å². The first-order valence-electron chi connectivity index (χ1n) is 10.2. The highest BCUT2D eigenvalue weighted by Crippen LogP contribution is 2.23. The molecule has 2 aromatic carbocycles. The van der Waals surface area contributed by atoms with Crippen LogP contribution in [0, 0.1) is 0 Å². The van der Waals surface area contributed by atoms with E-state index >= 15 is 0 Å². The van der Waals surface area contributed by atoms with Crippen LogP contribution < -0.4 is 9.64 Å². The van der Waals surface area contributed by atoms with E-state index in [9.17, 15) is 0 Å². The van der Waals surface area contributed by atoms with E-state index in [1.807, 2.05) is 12.1 Å². The lowest BCUT2D eigenvalue weighted by Crippen LogP contribution is -2.46. The Labute approximate surface area is 164 Å². The van der Waals surface area contributed by atoms with Crippen LogP contribution in [-0.2, 0) is 11.8 Å². The molecule has 0 spiro atoms. The standard InChI is InChI=1S/C24H34N2O/c1-24(2,3)21-9-7-20(8-10-21)6-5-15-25-16-18-26(19-17-25)22-11-13-23(27-4)14-12-22/h7-14H,5-6,15-19H2,1-4H3. The number of hydrogen-bond donors (Lipinski definition) is 0. The third-order valence-corrected chi connectivity index (χ3v) is 5.57. The first-order chi connectivity index (χ1) is 13.0. The van der Waals surface area contributed by atoms with Gasteiger partial charge < -0.3 is 9.64 Å². The summed E-state index contributed by atoms with van der Waals surface area (Å²) in [6.45, 7) is 12.5. The smallest absolute Gasteiger partial charge is 0.119 e. The average Bonchev–Trinajstić information content (AvgIpc) is 2.68. The highest BCUT2D eigenvalue weighted by molar-refractivity contribution is 5.49. The summed E-state index contributed by atoms with van der Waals surface area (Å²) in [5.41, 5.74) is 4.41. The number of hydrogen-bond acceptors (Lipinski definition) is 3. The van der Waals surface area contributed by atoms with Crippen molar-refractivity contribution >= 4 is 5.69 Å². The number of ether oxygens (including phenoxy) is 1. The minimum Gasteiger partial charge on any atom is -0.497 e. The number of rotatable bonds is 6. The van der Waals surface area contributed by atoms with E-state index in [-0.39, 0.29) is 5.41 Å². The van der Waals surface area contributed by atoms with Crippen molar-refractivity contribution in [1.29, 1.82) is 0 Å². The average molecular weight is 367 g/mol. The zero-order chi connectivity index (χ0) is 19.3. The molecule has 0 amide bonds. The molecule has 0 N–H and O–H groups in total. The van der Waals surface area contributed by atoms with Crippen molar-refractivity contribution in [1.82, 2.24) is 4.90 Å². The molecule has 0 saturated carbocycles. The van der Waals surface area contributed by atoms with E-state index in [1.54, 1.807) is 7.11 Å². The van der Waals surface area contributed by atoms with Gasteiger partial charge in [0.05, 0.1) is 7.11 Å². The third kappa shape index (κ3) is 5.49. The summed E-state index contributed by atoms with van der Waals surface area (Å²) in [5, 5.41) is 0. The molecule has 3 heteroatoms. The summed E-state index contributed by atoms with van der Waals surface area (Å²) in [7, 11) is 1.71. The molecule has 2 aromatic rings. The maximum Gasteiger partial charge on any atom is 0.119 e. The van der Waals surface area contributed by atoms with E-state index in [2.05, 4.69) is 67.0 Å². The van der Waals surface area contributed by atoms with E-state index in [0.29, 0.717) is 0 Å². The number of aryl methyl sites for hydroxylation is 1. The van der Waals surface area contributed by atoms with E-state index in [1.165, 1.54) is 36.2 Å². The minimum atomic E-state index is 0.238. The first-order valence-corrected chi connectivity index (χ1v) is 10.2. The van der Waals surface area contributed by atoms with Crippen molar-refractivity contribution in [2.45, 2.75) is 39.0 Å². The number of nitrogens with zero attached hydrogens (tertiary/aromatic N) is 2. The van der Waals surface area contributed by atoms with Crippen molar-refractivity contribution in [3.8, 4) is 5.75 Å². The predicted octanol–water partition coefficient (Wildman–Crippen LogP) is 4.75. The van der Waals surface area contributed by atoms with Crippen molar-refractivity contribution in [3.63, 3.8) is 0 Å². The molecule has 1 aliphatic rings. The Kier molecular flexibility index (Phi) is 6.43. The van der Waals surface area contributed by atoms with Gasteiger partial charge in [0.15, 0.2) is 0 Å². The van der Waals surface area contributed by atoms with Gasteiger partial charge in [-0.25, -0.2) is 0 Å². The largest absolute Gasteiger partial charge is 0.497 e. The fourth-order valence-electron chi connectivity index (χ4n) is 3.70. The maximum absolute atomic E-state index is 5.25. The minimum absolute atomic E-state index is 0.238. The van der Waals surface area contributed by atoms with Gasteiger partial charge in [0.25, 0.3) is 0 Å². The Bertz CT molecular complexity index is 693. The topological polar surface area (TPSA) is 15.7 Å². The summed E-state index contributed by atoms with van der Waals surface area (Å²) < 4.78 is 5.25. The molecule has 0 atom stereocenters. The number of methoxy groups -OCH3 is 1. The molecule has 3 rings (SSSR count). The lowest BCUT2D eigenvalue weighted by molar-refractivity contribution is 0.255. The fraction of sp³-hybridized carbons (Fsp3) is 0.500. The summed E-state index contributed by atoms with van der Waals surface area (Å²) in [6.07, 6.45) is 2.40. The Morgan fingerprint density at radius 2 is 1.48 bits per heavy atom. The van der Waals surface area contributed by atoms with Gasteiger partial charge in [-0.2, -0.15) is 0 Å². The number of piperazine rings is 1. The van der Waals surface area contributed by atoms with Crippen LogP contribution in [0.3, 0.4) is 0 Å². The van der Waals surface area contributed by atoms with Crippen LogP contribution in [0.25, 0.3) is 0 Å². The zero-order valence-corrected chi connectivity index (χ0v) is 17.4. The van der Waals surface area contributed by atoms with Gasteiger partial charge in [0.1, 0.15) is 5.75 Å².